The van der Waals surface area contributed by atoms with Crippen LogP contribution < -0.4 is 18.9 Å². The van der Waals surface area contributed by atoms with Crippen molar-refractivity contribution in [1.29, 1.82) is 0 Å². The smallest absolute Gasteiger partial charge is 0.310 e. The molecule has 0 radical (unpaired) electrons. The van der Waals surface area contributed by atoms with Gasteiger partial charge in [0.1, 0.15) is 0 Å². The highest BCUT2D eigenvalue weighted by Crippen LogP contribution is 2.30. The first kappa shape index (κ1) is 19.5. The summed E-state index contributed by atoms with van der Waals surface area (Å²) in [6.45, 7) is 0.769. The third kappa shape index (κ3) is 4.73. The van der Waals surface area contributed by atoms with Crippen LogP contribution in [-0.2, 0) is 16.0 Å². The highest BCUT2D eigenvalue weighted by molar-refractivity contribution is 5.98. The lowest BCUT2D eigenvalue weighted by atomic mass is 10.1. The predicted molar refractivity (Wildman–Crippen MR) is 101 cm³/mol. The molecule has 2 aromatic rings. The summed E-state index contributed by atoms with van der Waals surface area (Å²) in [7, 11) is 3.06. The Bertz CT molecular complexity index is 860. The molecule has 148 valence electrons. The molecule has 1 heterocycles. The van der Waals surface area contributed by atoms with E-state index in [4.69, 9.17) is 23.7 Å². The number of rotatable bonds is 7. The van der Waals surface area contributed by atoms with Gasteiger partial charge in [-0.1, -0.05) is 6.07 Å². The molecule has 0 atom stereocenters. The van der Waals surface area contributed by atoms with Gasteiger partial charge in [0, 0.05) is 12.0 Å². The lowest BCUT2D eigenvalue weighted by Crippen LogP contribution is -2.16. The van der Waals surface area contributed by atoms with E-state index in [2.05, 4.69) is 0 Å². The van der Waals surface area contributed by atoms with Gasteiger partial charge in [-0.05, 0) is 35.9 Å². The molecule has 0 unspecified atom stereocenters. The van der Waals surface area contributed by atoms with Crippen molar-refractivity contribution in [3.05, 3.63) is 47.5 Å². The van der Waals surface area contributed by atoms with Gasteiger partial charge in [0.05, 0.1) is 33.9 Å². The Balaban J connectivity index is 1.57. The van der Waals surface area contributed by atoms with E-state index in [1.54, 1.807) is 36.4 Å². The summed E-state index contributed by atoms with van der Waals surface area (Å²) >= 11 is 0. The van der Waals surface area contributed by atoms with Gasteiger partial charge in [0.15, 0.2) is 35.4 Å². The standard InChI is InChI=1S/C21H22O7/c1-24-17-6-4-14(10-19(17)25-2)11-21(23)28-13-16(22)15-5-7-18-20(12-15)27-9-3-8-26-18/h4-7,10,12H,3,8-9,11,13H2,1-2H3. The molecule has 1 aliphatic heterocycles. The monoisotopic (exact) mass is 386 g/mol. The Hall–Kier alpha value is -3.22. The van der Waals surface area contributed by atoms with Crippen LogP contribution in [0.15, 0.2) is 36.4 Å². The number of carbonyl (C=O) groups excluding carboxylic acids is 2. The zero-order valence-corrected chi connectivity index (χ0v) is 15.9. The van der Waals surface area contributed by atoms with Crippen LogP contribution in [0.25, 0.3) is 0 Å². The molecule has 7 heteroatoms. The van der Waals surface area contributed by atoms with Crippen LogP contribution in [0.3, 0.4) is 0 Å². The molecule has 0 amide bonds. The summed E-state index contributed by atoms with van der Waals surface area (Å²) < 4.78 is 26.6. The van der Waals surface area contributed by atoms with Crippen molar-refractivity contribution in [2.24, 2.45) is 0 Å². The van der Waals surface area contributed by atoms with Crippen LogP contribution >= 0.6 is 0 Å². The quantitative estimate of drug-likeness (QED) is 0.535. The number of ether oxygens (including phenoxy) is 5. The van der Waals surface area contributed by atoms with Crippen LogP contribution in [-0.4, -0.2) is 45.8 Å². The molecule has 1 aliphatic rings. The van der Waals surface area contributed by atoms with Gasteiger partial charge in [-0.15, -0.1) is 0 Å². The molecule has 28 heavy (non-hydrogen) atoms. The minimum atomic E-state index is -0.505. The van der Waals surface area contributed by atoms with E-state index in [0.29, 0.717) is 47.3 Å². The van der Waals surface area contributed by atoms with Crippen LogP contribution in [0.2, 0.25) is 0 Å². The van der Waals surface area contributed by atoms with E-state index >= 15 is 0 Å². The first-order valence-electron chi connectivity index (χ1n) is 8.90. The van der Waals surface area contributed by atoms with Gasteiger partial charge in [0.2, 0.25) is 0 Å². The van der Waals surface area contributed by atoms with Crippen molar-refractivity contribution in [2.45, 2.75) is 12.8 Å². The fourth-order valence-electron chi connectivity index (χ4n) is 2.77. The zero-order chi connectivity index (χ0) is 19.9. The normalized spacial score (nSPS) is 12.6. The molecule has 0 bridgehead atoms. The molecule has 0 aliphatic carbocycles. The number of hydrogen-bond acceptors (Lipinski definition) is 7. The molecule has 2 aromatic carbocycles. The van der Waals surface area contributed by atoms with E-state index < -0.39 is 5.97 Å². The molecule has 3 rings (SSSR count). The van der Waals surface area contributed by atoms with Crippen molar-refractivity contribution >= 4 is 11.8 Å². The Labute approximate surface area is 163 Å². The van der Waals surface area contributed by atoms with Gasteiger partial charge >= 0.3 is 5.97 Å². The maximum atomic E-state index is 12.3. The van der Waals surface area contributed by atoms with Gasteiger partial charge in [-0.2, -0.15) is 0 Å². The van der Waals surface area contributed by atoms with Crippen molar-refractivity contribution in [1.82, 2.24) is 0 Å². The average molecular weight is 386 g/mol. The largest absolute Gasteiger partial charge is 0.493 e. The second-order valence-electron chi connectivity index (χ2n) is 6.16. The zero-order valence-electron chi connectivity index (χ0n) is 15.9. The predicted octanol–water partition coefficient (Wildman–Crippen LogP) is 2.83. The first-order valence-corrected chi connectivity index (χ1v) is 8.90. The minimum absolute atomic E-state index is 0.0226. The summed E-state index contributed by atoms with van der Waals surface area (Å²) in [6, 6.07) is 10.1. The fourth-order valence-corrected chi connectivity index (χ4v) is 2.77. The van der Waals surface area contributed by atoms with E-state index in [1.807, 2.05) is 0 Å². The van der Waals surface area contributed by atoms with Crippen molar-refractivity contribution in [3.63, 3.8) is 0 Å². The minimum Gasteiger partial charge on any atom is -0.493 e. The molecule has 7 nitrogen and oxygen atoms in total. The molecule has 0 saturated heterocycles. The molecular weight excluding hydrogens is 364 g/mol. The third-order valence-corrected chi connectivity index (χ3v) is 4.23. The lowest BCUT2D eigenvalue weighted by molar-refractivity contribution is -0.141. The Morgan fingerprint density at radius 3 is 2.43 bits per heavy atom. The average Bonchev–Trinajstić information content (AvgIpc) is 2.96. The number of ketones is 1. The van der Waals surface area contributed by atoms with Crippen molar-refractivity contribution < 1.29 is 33.3 Å². The third-order valence-electron chi connectivity index (χ3n) is 4.23. The lowest BCUT2D eigenvalue weighted by Gasteiger charge is -2.10. The van der Waals surface area contributed by atoms with Crippen molar-refractivity contribution in [2.75, 3.05) is 34.0 Å². The number of Topliss-reactive ketones (excluding diaryl/α,β-unsaturated/α-hetero) is 1. The maximum Gasteiger partial charge on any atom is 0.310 e. The summed E-state index contributed by atoms with van der Waals surface area (Å²) in [5, 5.41) is 0. The number of fused-ring (bicyclic) bond motifs is 1. The molecule has 0 N–H and O–H groups in total. The number of methoxy groups -OCH3 is 2. The number of benzene rings is 2. The van der Waals surface area contributed by atoms with E-state index in [9.17, 15) is 9.59 Å². The van der Waals surface area contributed by atoms with Crippen LogP contribution in [0, 0.1) is 0 Å². The van der Waals surface area contributed by atoms with Gasteiger partial charge in [-0.25, -0.2) is 0 Å². The second kappa shape index (κ2) is 9.12. The summed E-state index contributed by atoms with van der Waals surface area (Å²) in [4.78, 5) is 24.4. The molecule has 0 saturated carbocycles. The fraction of sp³-hybridized carbons (Fsp3) is 0.333. The Kier molecular flexibility index (Phi) is 6.37. The summed E-state index contributed by atoms with van der Waals surface area (Å²) in [5.74, 6) is 1.42. The van der Waals surface area contributed by atoms with Crippen LogP contribution in [0.1, 0.15) is 22.3 Å². The SMILES string of the molecule is COc1ccc(CC(=O)OCC(=O)c2ccc3c(c2)OCCCO3)cc1OC. The van der Waals surface area contributed by atoms with E-state index in [-0.39, 0.29) is 18.8 Å². The summed E-state index contributed by atoms with van der Waals surface area (Å²) in [6.07, 6.45) is 0.806. The summed E-state index contributed by atoms with van der Waals surface area (Å²) in [5.41, 5.74) is 1.11. The maximum absolute atomic E-state index is 12.3. The number of esters is 1. The van der Waals surface area contributed by atoms with E-state index in [0.717, 1.165) is 6.42 Å². The molecule has 0 fully saturated rings. The van der Waals surface area contributed by atoms with Crippen molar-refractivity contribution in [3.8, 4) is 23.0 Å². The molecule has 0 spiro atoms. The Morgan fingerprint density at radius 2 is 1.68 bits per heavy atom. The topological polar surface area (TPSA) is 80.3 Å². The molecular formula is C21H22O7. The van der Waals surface area contributed by atoms with Gasteiger partial charge in [-0.3, -0.25) is 9.59 Å². The molecule has 0 aromatic heterocycles. The highest BCUT2D eigenvalue weighted by Gasteiger charge is 2.16. The van der Waals surface area contributed by atoms with Crippen LogP contribution in [0.5, 0.6) is 23.0 Å². The van der Waals surface area contributed by atoms with Gasteiger partial charge in [0.25, 0.3) is 0 Å². The van der Waals surface area contributed by atoms with Gasteiger partial charge < -0.3 is 23.7 Å². The highest BCUT2D eigenvalue weighted by atomic mass is 16.5. The Morgan fingerprint density at radius 1 is 0.929 bits per heavy atom. The number of hydrogen-bond donors (Lipinski definition) is 0. The van der Waals surface area contributed by atoms with E-state index in [1.165, 1.54) is 14.2 Å². The number of carbonyl (C=O) groups is 2. The van der Waals surface area contributed by atoms with Crippen LogP contribution in [0.4, 0.5) is 0 Å². The second-order valence-corrected chi connectivity index (χ2v) is 6.16. The first-order chi connectivity index (χ1) is 13.6.